The summed E-state index contributed by atoms with van der Waals surface area (Å²) < 4.78 is 42.8. The van der Waals surface area contributed by atoms with Crippen LogP contribution in [0.15, 0.2) is 30.3 Å². The number of nitrogens with zero attached hydrogens (tertiary/aromatic N) is 1. The van der Waals surface area contributed by atoms with Gasteiger partial charge in [0.2, 0.25) is 5.91 Å². The molecule has 0 unspecified atom stereocenters. The van der Waals surface area contributed by atoms with Gasteiger partial charge in [0.1, 0.15) is 5.82 Å². The van der Waals surface area contributed by atoms with Gasteiger partial charge in [-0.05, 0) is 52.9 Å². The van der Waals surface area contributed by atoms with Gasteiger partial charge in [-0.15, -0.1) is 0 Å². The van der Waals surface area contributed by atoms with Gasteiger partial charge in [0.25, 0.3) is 5.91 Å². The van der Waals surface area contributed by atoms with Gasteiger partial charge < -0.3 is 10.6 Å². The maximum Gasteiger partial charge on any atom is 0.262 e. The van der Waals surface area contributed by atoms with Crippen LogP contribution in [0.3, 0.4) is 0 Å². The normalized spacial score (nSPS) is 13.8. The van der Waals surface area contributed by atoms with Crippen molar-refractivity contribution in [3.8, 4) is 0 Å². The van der Waals surface area contributed by atoms with Crippen LogP contribution in [0.4, 0.5) is 24.5 Å². The summed E-state index contributed by atoms with van der Waals surface area (Å²) in [5.74, 6) is -4.78. The Hall–Kier alpha value is -2.14. The summed E-state index contributed by atoms with van der Waals surface area (Å²) in [6, 6.07) is 5.99. The summed E-state index contributed by atoms with van der Waals surface area (Å²) in [4.78, 5) is 25.8. The molecule has 1 heterocycles. The predicted molar refractivity (Wildman–Crippen MR) is 102 cm³/mol. The standard InChI is InChI=1S/C18H15F3IN3O2/c1-25(17(26)9-7-23-8-9)18(27)11-3-4-12(19)15(21)16(11)24-14-5-2-10(22)6-13(14)20/h2-6,9,23-24H,7-8H2,1H3. The smallest absolute Gasteiger partial charge is 0.262 e. The van der Waals surface area contributed by atoms with E-state index in [-0.39, 0.29) is 17.2 Å². The Kier molecular flexibility index (Phi) is 5.70. The lowest BCUT2D eigenvalue weighted by Crippen LogP contribution is -2.52. The van der Waals surface area contributed by atoms with Crippen LogP contribution < -0.4 is 10.6 Å². The summed E-state index contributed by atoms with van der Waals surface area (Å²) in [6.45, 7) is 0.903. The molecule has 27 heavy (non-hydrogen) atoms. The predicted octanol–water partition coefficient (Wildman–Crippen LogP) is 3.27. The average Bonchev–Trinajstić information content (AvgIpc) is 2.58. The van der Waals surface area contributed by atoms with Gasteiger partial charge in [-0.2, -0.15) is 0 Å². The van der Waals surface area contributed by atoms with E-state index >= 15 is 0 Å². The number of rotatable bonds is 4. The molecule has 1 aliphatic rings. The molecule has 1 aliphatic heterocycles. The van der Waals surface area contributed by atoms with Crippen LogP contribution in [0.1, 0.15) is 10.4 Å². The molecule has 0 bridgehead atoms. The second-order valence-corrected chi connectivity index (χ2v) is 7.34. The minimum Gasteiger partial charge on any atom is -0.350 e. The van der Waals surface area contributed by atoms with Crippen LogP contribution in [-0.2, 0) is 4.79 Å². The molecule has 1 saturated heterocycles. The first-order valence-corrected chi connectivity index (χ1v) is 9.10. The molecule has 2 amide bonds. The van der Waals surface area contributed by atoms with Gasteiger partial charge in [0, 0.05) is 23.7 Å². The number of imide groups is 1. The van der Waals surface area contributed by atoms with Crippen molar-refractivity contribution in [3.63, 3.8) is 0 Å². The number of amides is 2. The molecule has 2 aromatic carbocycles. The third-order valence-electron chi connectivity index (χ3n) is 4.28. The molecule has 9 heteroatoms. The SMILES string of the molecule is CN(C(=O)c1ccc(F)c(F)c1Nc1ccc(I)cc1F)C(=O)C1CNC1. The molecule has 0 aliphatic carbocycles. The second kappa shape index (κ2) is 7.85. The summed E-state index contributed by atoms with van der Waals surface area (Å²) in [6.07, 6.45) is 0. The van der Waals surface area contributed by atoms with E-state index in [4.69, 9.17) is 0 Å². The van der Waals surface area contributed by atoms with Crippen molar-refractivity contribution >= 4 is 45.8 Å². The lowest BCUT2D eigenvalue weighted by Gasteiger charge is -2.29. The first-order chi connectivity index (χ1) is 12.8. The van der Waals surface area contributed by atoms with Crippen LogP contribution in [0.5, 0.6) is 0 Å². The van der Waals surface area contributed by atoms with Crippen molar-refractivity contribution in [1.29, 1.82) is 0 Å². The Labute approximate surface area is 167 Å². The number of anilines is 2. The lowest BCUT2D eigenvalue weighted by molar-refractivity contribution is -0.133. The largest absolute Gasteiger partial charge is 0.350 e. The van der Waals surface area contributed by atoms with Crippen LogP contribution >= 0.6 is 22.6 Å². The quantitative estimate of drug-likeness (QED) is 0.512. The van der Waals surface area contributed by atoms with E-state index < -0.39 is 35.0 Å². The van der Waals surface area contributed by atoms with E-state index in [0.29, 0.717) is 16.7 Å². The van der Waals surface area contributed by atoms with E-state index in [1.165, 1.54) is 19.2 Å². The van der Waals surface area contributed by atoms with Crippen molar-refractivity contribution in [2.24, 2.45) is 5.92 Å². The van der Waals surface area contributed by atoms with Crippen LogP contribution in [0.25, 0.3) is 0 Å². The molecule has 0 aromatic heterocycles. The van der Waals surface area contributed by atoms with Crippen molar-refractivity contribution in [3.05, 3.63) is 56.9 Å². The fraction of sp³-hybridized carbons (Fsp3) is 0.222. The van der Waals surface area contributed by atoms with Gasteiger partial charge in [-0.1, -0.05) is 0 Å². The number of benzene rings is 2. The van der Waals surface area contributed by atoms with Crippen LogP contribution in [0, 0.1) is 26.9 Å². The topological polar surface area (TPSA) is 61.4 Å². The van der Waals surface area contributed by atoms with E-state index in [1.807, 2.05) is 22.6 Å². The van der Waals surface area contributed by atoms with E-state index in [1.54, 1.807) is 6.07 Å². The van der Waals surface area contributed by atoms with Crippen molar-refractivity contribution in [2.45, 2.75) is 0 Å². The monoisotopic (exact) mass is 489 g/mol. The van der Waals surface area contributed by atoms with E-state index in [9.17, 15) is 22.8 Å². The molecule has 0 radical (unpaired) electrons. The van der Waals surface area contributed by atoms with Gasteiger partial charge in [-0.25, -0.2) is 13.2 Å². The number of hydrogen-bond donors (Lipinski definition) is 2. The zero-order valence-electron chi connectivity index (χ0n) is 14.2. The number of nitrogens with one attached hydrogen (secondary N) is 2. The third kappa shape index (κ3) is 3.93. The molecule has 0 atom stereocenters. The number of carbonyl (C=O) groups is 2. The molecule has 2 N–H and O–H groups in total. The van der Waals surface area contributed by atoms with Crippen LogP contribution in [-0.4, -0.2) is 36.9 Å². The van der Waals surface area contributed by atoms with Crippen LogP contribution in [0.2, 0.25) is 0 Å². The number of carbonyl (C=O) groups excluding carboxylic acids is 2. The van der Waals surface area contributed by atoms with E-state index in [0.717, 1.165) is 17.0 Å². The maximum absolute atomic E-state index is 14.4. The van der Waals surface area contributed by atoms with E-state index in [2.05, 4.69) is 10.6 Å². The first kappa shape index (κ1) is 19.6. The summed E-state index contributed by atoms with van der Waals surface area (Å²) in [5, 5.41) is 5.37. The van der Waals surface area contributed by atoms with Crippen molar-refractivity contribution in [2.75, 3.05) is 25.5 Å². The highest BCUT2D eigenvalue weighted by atomic mass is 127. The van der Waals surface area contributed by atoms with Gasteiger partial charge >= 0.3 is 0 Å². The molecule has 5 nitrogen and oxygen atoms in total. The third-order valence-corrected chi connectivity index (χ3v) is 4.95. The van der Waals surface area contributed by atoms with Gasteiger partial charge in [0.15, 0.2) is 11.6 Å². The highest BCUT2D eigenvalue weighted by Crippen LogP contribution is 2.29. The van der Waals surface area contributed by atoms with Crippen molar-refractivity contribution < 1.29 is 22.8 Å². The minimum absolute atomic E-state index is 0.119. The molecular formula is C18H15F3IN3O2. The minimum atomic E-state index is -1.33. The Balaban J connectivity index is 1.96. The van der Waals surface area contributed by atoms with Gasteiger partial charge in [0.05, 0.1) is 22.9 Å². The maximum atomic E-state index is 14.4. The fourth-order valence-corrected chi connectivity index (χ4v) is 3.05. The molecular weight excluding hydrogens is 474 g/mol. The van der Waals surface area contributed by atoms with Crippen molar-refractivity contribution in [1.82, 2.24) is 10.2 Å². The highest BCUT2D eigenvalue weighted by molar-refractivity contribution is 14.1. The molecule has 2 aromatic rings. The Morgan fingerprint density at radius 3 is 2.44 bits per heavy atom. The molecule has 3 rings (SSSR count). The summed E-state index contributed by atoms with van der Waals surface area (Å²) in [7, 11) is 1.28. The summed E-state index contributed by atoms with van der Waals surface area (Å²) in [5.41, 5.74) is -0.910. The fourth-order valence-electron chi connectivity index (χ4n) is 2.59. The number of halogens is 4. The molecule has 142 valence electrons. The average molecular weight is 489 g/mol. The zero-order chi connectivity index (χ0) is 19.7. The van der Waals surface area contributed by atoms with Gasteiger partial charge in [-0.3, -0.25) is 14.5 Å². The molecule has 0 spiro atoms. The second-order valence-electron chi connectivity index (χ2n) is 6.09. The zero-order valence-corrected chi connectivity index (χ0v) is 16.3. The Morgan fingerprint density at radius 2 is 1.85 bits per heavy atom. The summed E-state index contributed by atoms with van der Waals surface area (Å²) >= 11 is 1.91. The molecule has 1 fully saturated rings. The highest BCUT2D eigenvalue weighted by Gasteiger charge is 2.32. The molecule has 0 saturated carbocycles. The Bertz CT molecular complexity index is 919. The first-order valence-electron chi connectivity index (χ1n) is 8.02. The Morgan fingerprint density at radius 1 is 1.15 bits per heavy atom. The number of hydrogen-bond acceptors (Lipinski definition) is 4. The lowest BCUT2D eigenvalue weighted by atomic mass is 10.0.